The van der Waals surface area contributed by atoms with Crippen LogP contribution in [-0.2, 0) is 19.6 Å². The van der Waals surface area contributed by atoms with Crippen molar-refractivity contribution in [1.29, 1.82) is 0 Å². The Morgan fingerprint density at radius 2 is 1.84 bits per heavy atom. The zero-order valence-electron chi connectivity index (χ0n) is 19.7. The van der Waals surface area contributed by atoms with Gasteiger partial charge in [0, 0.05) is 37.3 Å². The van der Waals surface area contributed by atoms with Crippen molar-refractivity contribution in [2.75, 3.05) is 9.66 Å². The van der Waals surface area contributed by atoms with Crippen molar-refractivity contribution < 1.29 is 27.2 Å². The summed E-state index contributed by atoms with van der Waals surface area (Å²) < 4.78 is 58.8. The van der Waals surface area contributed by atoms with E-state index >= 15 is 4.39 Å². The smallest absolute Gasteiger partial charge is 0.352 e. The van der Waals surface area contributed by atoms with Crippen LogP contribution in [0, 0.1) is 5.82 Å². The molecule has 0 unspecified atom stereocenters. The third-order valence-corrected chi connectivity index (χ3v) is 7.00. The number of nitrogens with one attached hydrogen (secondary N) is 1. The van der Waals surface area contributed by atoms with E-state index in [2.05, 4.69) is 15.4 Å². The van der Waals surface area contributed by atoms with E-state index in [4.69, 9.17) is 0 Å². The van der Waals surface area contributed by atoms with E-state index in [1.807, 2.05) is 0 Å². The maximum atomic E-state index is 15.1. The van der Waals surface area contributed by atoms with Crippen molar-refractivity contribution in [2.45, 2.75) is 12.6 Å². The molecule has 4 aromatic rings. The fourth-order valence-electron chi connectivity index (χ4n) is 4.23. The lowest BCUT2D eigenvalue weighted by Crippen LogP contribution is -2.33. The van der Waals surface area contributed by atoms with E-state index in [1.54, 1.807) is 53.2 Å². The first kappa shape index (κ1) is 25.8. The van der Waals surface area contributed by atoms with Crippen LogP contribution in [0.5, 0.6) is 0 Å². The second-order valence-corrected chi connectivity index (χ2v) is 9.52. The van der Waals surface area contributed by atoms with Crippen LogP contribution in [0.15, 0.2) is 60.8 Å². The van der Waals surface area contributed by atoms with Crippen molar-refractivity contribution in [3.8, 4) is 22.5 Å². The molecule has 1 aliphatic rings. The molecule has 1 aliphatic heterocycles. The molecule has 2 aromatic carbocycles. The van der Waals surface area contributed by atoms with Crippen molar-refractivity contribution in [2.24, 2.45) is 7.05 Å². The van der Waals surface area contributed by atoms with E-state index in [0.717, 1.165) is 9.18 Å². The SMILES string of the molecule is Cn1ccc(-c2cc(C(=O)N(I)c3cc4c(nc3-c3ccccc3)CCNC4=O)c(F)cc2C(F)(F)F)n1. The van der Waals surface area contributed by atoms with Crippen LogP contribution in [0.4, 0.5) is 23.2 Å². The lowest BCUT2D eigenvalue weighted by Gasteiger charge is -2.23. The topological polar surface area (TPSA) is 80.1 Å². The molecule has 38 heavy (non-hydrogen) atoms. The number of carbonyl (C=O) groups excluding carboxylic acids is 2. The molecule has 0 bridgehead atoms. The summed E-state index contributed by atoms with van der Waals surface area (Å²) >= 11 is 1.65. The molecule has 0 saturated carbocycles. The molecule has 7 nitrogen and oxygen atoms in total. The molecule has 3 heterocycles. The Hall–Kier alpha value is -3.81. The average Bonchev–Trinajstić information content (AvgIpc) is 3.33. The lowest BCUT2D eigenvalue weighted by atomic mass is 9.99. The fraction of sp³-hybridized carbons (Fsp3) is 0.154. The Balaban J connectivity index is 1.65. The number of amides is 2. The van der Waals surface area contributed by atoms with Crippen molar-refractivity contribution in [3.05, 3.63) is 89.0 Å². The van der Waals surface area contributed by atoms with Crippen LogP contribution < -0.4 is 8.43 Å². The zero-order valence-corrected chi connectivity index (χ0v) is 21.8. The molecule has 5 rings (SSSR count). The zero-order chi connectivity index (χ0) is 27.2. The number of hydrogen-bond acceptors (Lipinski definition) is 4. The van der Waals surface area contributed by atoms with Crippen LogP contribution in [0.1, 0.15) is 32.0 Å². The van der Waals surface area contributed by atoms with Gasteiger partial charge in [-0.2, -0.15) is 18.3 Å². The summed E-state index contributed by atoms with van der Waals surface area (Å²) in [6, 6.07) is 12.9. The van der Waals surface area contributed by atoms with Crippen LogP contribution >= 0.6 is 22.9 Å². The van der Waals surface area contributed by atoms with E-state index in [1.165, 1.54) is 30.1 Å². The van der Waals surface area contributed by atoms with Gasteiger partial charge in [0.25, 0.3) is 11.8 Å². The number of hydrogen-bond donors (Lipinski definition) is 1. The van der Waals surface area contributed by atoms with E-state index in [0.29, 0.717) is 36.0 Å². The Kier molecular flexibility index (Phi) is 6.67. The third kappa shape index (κ3) is 4.75. The van der Waals surface area contributed by atoms with Gasteiger partial charge in [-0.25, -0.2) is 12.5 Å². The highest BCUT2D eigenvalue weighted by molar-refractivity contribution is 14.1. The first-order valence-corrected chi connectivity index (χ1v) is 12.3. The van der Waals surface area contributed by atoms with Gasteiger partial charge >= 0.3 is 6.18 Å². The number of alkyl halides is 3. The second kappa shape index (κ2) is 9.82. The molecule has 2 aromatic heterocycles. The summed E-state index contributed by atoms with van der Waals surface area (Å²) in [6.45, 7) is 0.409. The number of fused-ring (bicyclic) bond motifs is 1. The second-order valence-electron chi connectivity index (χ2n) is 8.56. The summed E-state index contributed by atoms with van der Waals surface area (Å²) in [4.78, 5) is 30.7. The van der Waals surface area contributed by atoms with Gasteiger partial charge in [0.2, 0.25) is 0 Å². The number of carbonyl (C=O) groups is 2. The van der Waals surface area contributed by atoms with Gasteiger partial charge < -0.3 is 5.32 Å². The highest BCUT2D eigenvalue weighted by Gasteiger charge is 2.37. The highest BCUT2D eigenvalue weighted by atomic mass is 127. The summed E-state index contributed by atoms with van der Waals surface area (Å²) in [5, 5.41) is 6.73. The summed E-state index contributed by atoms with van der Waals surface area (Å²) in [5.74, 6) is -2.63. The number of benzene rings is 2. The molecule has 1 N–H and O–H groups in total. The number of aryl methyl sites for hydroxylation is 1. The standard InChI is InChI=1S/C26H18F4IN5O2/c1-35-10-8-21(34-35)15-11-16(19(27)13-18(15)26(28,29)30)25(38)36(31)22-12-17-20(7-9-32-24(17)37)33-23(22)14-5-3-2-4-6-14/h2-6,8,10-13H,7,9H2,1H3,(H,32,37). The number of aromatic nitrogens is 3. The molecular weight excluding hydrogens is 617 g/mol. The minimum absolute atomic E-state index is 0.0639. The maximum absolute atomic E-state index is 15.1. The van der Waals surface area contributed by atoms with Crippen molar-refractivity contribution in [1.82, 2.24) is 20.1 Å². The predicted molar refractivity (Wildman–Crippen MR) is 140 cm³/mol. The van der Waals surface area contributed by atoms with Gasteiger partial charge in [0.1, 0.15) is 5.82 Å². The number of anilines is 1. The molecule has 12 heteroatoms. The van der Waals surface area contributed by atoms with E-state index in [-0.39, 0.29) is 22.9 Å². The molecule has 2 amide bonds. The van der Waals surface area contributed by atoms with Gasteiger partial charge in [-0.15, -0.1) is 0 Å². The summed E-state index contributed by atoms with van der Waals surface area (Å²) in [6.07, 6.45) is -2.95. The molecule has 0 atom stereocenters. The summed E-state index contributed by atoms with van der Waals surface area (Å²) in [5.41, 5.74) is -0.307. The lowest BCUT2D eigenvalue weighted by molar-refractivity contribution is -0.137. The van der Waals surface area contributed by atoms with Gasteiger partial charge in [-0.1, -0.05) is 30.3 Å². The maximum Gasteiger partial charge on any atom is 0.417 e. The molecule has 0 fully saturated rings. The number of rotatable bonds is 4. The quantitative estimate of drug-likeness (QED) is 0.180. The Morgan fingerprint density at radius 1 is 1.11 bits per heavy atom. The van der Waals surface area contributed by atoms with Gasteiger partial charge in [0.05, 0.1) is 62.3 Å². The van der Waals surface area contributed by atoms with Gasteiger partial charge in [-0.05, 0) is 24.3 Å². The molecule has 0 saturated heterocycles. The Labute approximate surface area is 228 Å². The van der Waals surface area contributed by atoms with Gasteiger partial charge in [0.15, 0.2) is 0 Å². The van der Waals surface area contributed by atoms with Crippen LogP contribution in [-0.4, -0.2) is 33.1 Å². The average molecular weight is 635 g/mol. The first-order valence-electron chi connectivity index (χ1n) is 11.3. The van der Waals surface area contributed by atoms with E-state index < -0.39 is 34.6 Å². The Bertz CT molecular complexity index is 1570. The number of pyridine rings is 1. The normalized spacial score (nSPS) is 13.2. The molecule has 0 aliphatic carbocycles. The highest BCUT2D eigenvalue weighted by Crippen LogP contribution is 2.40. The summed E-state index contributed by atoms with van der Waals surface area (Å²) in [7, 11) is 1.53. The van der Waals surface area contributed by atoms with Crippen LogP contribution in [0.2, 0.25) is 0 Å². The first-order chi connectivity index (χ1) is 18.0. The predicted octanol–water partition coefficient (Wildman–Crippen LogP) is 5.59. The minimum atomic E-state index is -4.88. The molecule has 194 valence electrons. The molecular formula is C26H18F4IN5O2. The monoisotopic (exact) mass is 635 g/mol. The van der Waals surface area contributed by atoms with Crippen LogP contribution in [0.25, 0.3) is 22.5 Å². The van der Waals surface area contributed by atoms with E-state index in [9.17, 15) is 22.8 Å². The number of nitrogens with zero attached hydrogens (tertiary/aromatic N) is 4. The molecule has 0 spiro atoms. The largest absolute Gasteiger partial charge is 0.417 e. The fourth-order valence-corrected chi connectivity index (χ4v) is 4.86. The van der Waals surface area contributed by atoms with Crippen molar-refractivity contribution >= 4 is 40.4 Å². The minimum Gasteiger partial charge on any atom is -0.352 e. The van der Waals surface area contributed by atoms with Crippen LogP contribution in [0.3, 0.4) is 0 Å². The third-order valence-electron chi connectivity index (χ3n) is 6.04. The molecule has 0 radical (unpaired) electrons. The van der Waals surface area contributed by atoms with Crippen molar-refractivity contribution in [3.63, 3.8) is 0 Å². The van der Waals surface area contributed by atoms with Gasteiger partial charge in [-0.3, -0.25) is 14.3 Å². The Morgan fingerprint density at radius 3 is 2.50 bits per heavy atom. The number of halogens is 5.